The minimum Gasteiger partial charge on any atom is -0.316 e. The third kappa shape index (κ3) is 4.12. The van der Waals surface area contributed by atoms with Crippen LogP contribution in [0.3, 0.4) is 0 Å². The molecule has 1 aliphatic carbocycles. The molecule has 0 aromatic heterocycles. The van der Waals surface area contributed by atoms with Gasteiger partial charge in [-0.05, 0) is 63.8 Å². The lowest BCUT2D eigenvalue weighted by Crippen LogP contribution is -2.37. The van der Waals surface area contributed by atoms with Crippen LogP contribution in [-0.2, 0) is 0 Å². The van der Waals surface area contributed by atoms with Gasteiger partial charge in [-0.3, -0.25) is 0 Å². The summed E-state index contributed by atoms with van der Waals surface area (Å²) in [6.45, 7) is 8.69. The van der Waals surface area contributed by atoms with Gasteiger partial charge in [-0.15, -0.1) is 0 Å². The molecule has 2 rings (SSSR count). The highest BCUT2D eigenvalue weighted by atomic mass is 15.1. The molecule has 0 atom stereocenters. The maximum Gasteiger partial charge on any atom is -0.00157 e. The van der Waals surface area contributed by atoms with Crippen molar-refractivity contribution in [2.45, 2.75) is 39.0 Å². The van der Waals surface area contributed by atoms with Gasteiger partial charge in [-0.2, -0.15) is 0 Å². The van der Waals surface area contributed by atoms with Gasteiger partial charge in [-0.25, -0.2) is 0 Å². The Morgan fingerprint density at radius 3 is 2.40 bits per heavy atom. The number of nitrogens with zero attached hydrogens (tertiary/aromatic N) is 1. The van der Waals surface area contributed by atoms with Gasteiger partial charge in [0.1, 0.15) is 0 Å². The lowest BCUT2D eigenvalue weighted by Gasteiger charge is -2.31. The van der Waals surface area contributed by atoms with E-state index in [1.807, 2.05) is 0 Å². The maximum atomic E-state index is 3.64. The summed E-state index contributed by atoms with van der Waals surface area (Å²) in [7, 11) is 0. The molecule has 2 fully saturated rings. The van der Waals surface area contributed by atoms with Crippen LogP contribution >= 0.6 is 0 Å². The van der Waals surface area contributed by atoms with Crippen molar-refractivity contribution >= 4 is 0 Å². The topological polar surface area (TPSA) is 15.3 Å². The zero-order valence-electron chi connectivity index (χ0n) is 10.2. The largest absolute Gasteiger partial charge is 0.316 e. The predicted molar refractivity (Wildman–Crippen MR) is 65.0 cm³/mol. The monoisotopic (exact) mass is 210 g/mol. The van der Waals surface area contributed by atoms with E-state index >= 15 is 0 Å². The van der Waals surface area contributed by atoms with E-state index in [-0.39, 0.29) is 0 Å². The van der Waals surface area contributed by atoms with Crippen LogP contribution in [0.2, 0.25) is 0 Å². The molecule has 88 valence electrons. The first kappa shape index (κ1) is 11.4. The van der Waals surface area contributed by atoms with Gasteiger partial charge in [0, 0.05) is 0 Å². The summed E-state index contributed by atoms with van der Waals surface area (Å²) in [5.74, 6) is 2.03. The molecule has 2 nitrogen and oxygen atoms in total. The molecule has 1 saturated carbocycles. The quantitative estimate of drug-likeness (QED) is 0.676. The summed E-state index contributed by atoms with van der Waals surface area (Å²) in [5, 5.41) is 3.64. The molecular formula is C13H26N2. The summed E-state index contributed by atoms with van der Waals surface area (Å²) < 4.78 is 0. The Morgan fingerprint density at radius 2 is 1.80 bits per heavy atom. The standard InChI is InChI=1S/C13H26N2/c1-2-15-9-6-13(7-10-15)11-14-8-5-12-3-4-12/h12-14H,2-11H2,1H3. The predicted octanol–water partition coefficient (Wildman–Crippen LogP) is 2.11. The first-order valence-electron chi connectivity index (χ1n) is 6.81. The van der Waals surface area contributed by atoms with Crippen molar-refractivity contribution in [2.24, 2.45) is 11.8 Å². The lowest BCUT2D eigenvalue weighted by atomic mass is 9.97. The molecule has 1 N–H and O–H groups in total. The molecule has 1 heterocycles. The summed E-state index contributed by atoms with van der Waals surface area (Å²) in [6.07, 6.45) is 7.23. The normalized spacial score (nSPS) is 24.6. The van der Waals surface area contributed by atoms with Crippen LogP contribution in [0.5, 0.6) is 0 Å². The Kier molecular flexibility index (Phi) is 4.45. The lowest BCUT2D eigenvalue weighted by molar-refractivity contribution is 0.190. The van der Waals surface area contributed by atoms with Crippen molar-refractivity contribution in [1.29, 1.82) is 0 Å². The molecule has 2 aliphatic rings. The van der Waals surface area contributed by atoms with E-state index in [1.54, 1.807) is 0 Å². The van der Waals surface area contributed by atoms with Gasteiger partial charge in [0.25, 0.3) is 0 Å². The molecule has 0 spiro atoms. The summed E-state index contributed by atoms with van der Waals surface area (Å²) in [5.41, 5.74) is 0. The van der Waals surface area contributed by atoms with Crippen molar-refractivity contribution in [2.75, 3.05) is 32.7 Å². The van der Waals surface area contributed by atoms with Gasteiger partial charge < -0.3 is 10.2 Å². The second-order valence-electron chi connectivity index (χ2n) is 5.31. The van der Waals surface area contributed by atoms with Gasteiger partial charge in [0.2, 0.25) is 0 Å². The number of hydrogen-bond donors (Lipinski definition) is 1. The fourth-order valence-corrected chi connectivity index (χ4v) is 2.53. The van der Waals surface area contributed by atoms with Crippen molar-refractivity contribution in [3.63, 3.8) is 0 Å². The van der Waals surface area contributed by atoms with Crippen LogP contribution in [0.4, 0.5) is 0 Å². The first-order chi connectivity index (χ1) is 7.38. The average Bonchev–Trinajstić information content (AvgIpc) is 3.09. The Bertz CT molecular complexity index is 169. The Hall–Kier alpha value is -0.0800. The van der Waals surface area contributed by atoms with Gasteiger partial charge in [-0.1, -0.05) is 19.8 Å². The van der Waals surface area contributed by atoms with Crippen LogP contribution in [0.15, 0.2) is 0 Å². The van der Waals surface area contributed by atoms with E-state index in [2.05, 4.69) is 17.1 Å². The first-order valence-corrected chi connectivity index (χ1v) is 6.81. The molecule has 0 amide bonds. The van der Waals surface area contributed by atoms with Gasteiger partial charge in [0.05, 0.1) is 0 Å². The van der Waals surface area contributed by atoms with Crippen LogP contribution in [0, 0.1) is 11.8 Å². The minimum absolute atomic E-state index is 0.951. The van der Waals surface area contributed by atoms with Crippen LogP contribution < -0.4 is 5.32 Å². The SMILES string of the molecule is CCN1CCC(CNCCC2CC2)CC1. The van der Waals surface area contributed by atoms with E-state index in [0.717, 1.165) is 11.8 Å². The highest BCUT2D eigenvalue weighted by Crippen LogP contribution is 2.31. The molecule has 0 unspecified atom stereocenters. The third-order valence-corrected chi connectivity index (χ3v) is 4.01. The minimum atomic E-state index is 0.951. The zero-order chi connectivity index (χ0) is 10.5. The molecule has 0 radical (unpaired) electrons. The average molecular weight is 210 g/mol. The van der Waals surface area contributed by atoms with Crippen molar-refractivity contribution in [3.05, 3.63) is 0 Å². The summed E-state index contributed by atoms with van der Waals surface area (Å²) in [6, 6.07) is 0. The number of likely N-dealkylation sites (tertiary alicyclic amines) is 1. The zero-order valence-corrected chi connectivity index (χ0v) is 10.2. The van der Waals surface area contributed by atoms with Crippen LogP contribution in [0.1, 0.15) is 39.0 Å². The fraction of sp³-hybridized carbons (Fsp3) is 1.00. The molecule has 1 aliphatic heterocycles. The molecular weight excluding hydrogens is 184 g/mol. The highest BCUT2D eigenvalue weighted by Gasteiger charge is 2.21. The fourth-order valence-electron chi connectivity index (χ4n) is 2.53. The highest BCUT2D eigenvalue weighted by molar-refractivity contribution is 4.76. The van der Waals surface area contributed by atoms with Crippen LogP contribution in [-0.4, -0.2) is 37.6 Å². The third-order valence-electron chi connectivity index (χ3n) is 4.01. The van der Waals surface area contributed by atoms with E-state index in [1.165, 1.54) is 64.8 Å². The number of rotatable bonds is 6. The molecule has 0 aromatic carbocycles. The molecule has 15 heavy (non-hydrogen) atoms. The molecule has 0 aromatic rings. The molecule has 2 heteroatoms. The Balaban J connectivity index is 1.48. The Morgan fingerprint density at radius 1 is 1.07 bits per heavy atom. The number of hydrogen-bond acceptors (Lipinski definition) is 2. The maximum absolute atomic E-state index is 3.64. The second-order valence-corrected chi connectivity index (χ2v) is 5.31. The van der Waals surface area contributed by atoms with Gasteiger partial charge in [0.15, 0.2) is 0 Å². The van der Waals surface area contributed by atoms with E-state index < -0.39 is 0 Å². The molecule has 0 bridgehead atoms. The van der Waals surface area contributed by atoms with E-state index in [4.69, 9.17) is 0 Å². The number of nitrogens with one attached hydrogen (secondary N) is 1. The van der Waals surface area contributed by atoms with Crippen molar-refractivity contribution in [3.8, 4) is 0 Å². The summed E-state index contributed by atoms with van der Waals surface area (Å²) >= 11 is 0. The van der Waals surface area contributed by atoms with E-state index in [0.29, 0.717) is 0 Å². The second kappa shape index (κ2) is 5.86. The molecule has 1 saturated heterocycles. The Labute approximate surface area is 94.4 Å². The van der Waals surface area contributed by atoms with Crippen molar-refractivity contribution < 1.29 is 0 Å². The van der Waals surface area contributed by atoms with Crippen LogP contribution in [0.25, 0.3) is 0 Å². The van der Waals surface area contributed by atoms with E-state index in [9.17, 15) is 0 Å². The smallest absolute Gasteiger partial charge is 0.00157 e. The number of piperidine rings is 1. The van der Waals surface area contributed by atoms with Gasteiger partial charge >= 0.3 is 0 Å². The van der Waals surface area contributed by atoms with Crippen molar-refractivity contribution in [1.82, 2.24) is 10.2 Å². The summed E-state index contributed by atoms with van der Waals surface area (Å²) in [4.78, 5) is 2.57.